The predicted octanol–water partition coefficient (Wildman–Crippen LogP) is 1.36. The van der Waals surface area contributed by atoms with Gasteiger partial charge >= 0.3 is 5.97 Å². The molecule has 6 nitrogen and oxygen atoms in total. The second-order valence-electron chi connectivity index (χ2n) is 4.45. The van der Waals surface area contributed by atoms with Crippen LogP contribution in [0.4, 0.5) is 0 Å². The summed E-state index contributed by atoms with van der Waals surface area (Å²) in [5, 5.41) is 11.9. The summed E-state index contributed by atoms with van der Waals surface area (Å²) in [4.78, 5) is 23.1. The Bertz CT molecular complexity index is 449. The SMILES string of the molecule is CCC(CC)(CNC(=O)c1ccc(CN)o1)C(=O)O. The number of furan rings is 1. The minimum atomic E-state index is -0.932. The highest BCUT2D eigenvalue weighted by Crippen LogP contribution is 2.25. The Hall–Kier alpha value is -1.82. The van der Waals surface area contributed by atoms with Crippen LogP contribution in [0, 0.1) is 5.41 Å². The van der Waals surface area contributed by atoms with Gasteiger partial charge in [0.1, 0.15) is 5.76 Å². The molecule has 0 aliphatic rings. The van der Waals surface area contributed by atoms with Gasteiger partial charge in [-0.3, -0.25) is 9.59 Å². The molecular weight excluding hydrogens is 248 g/mol. The molecular formula is C13H20N2O4. The van der Waals surface area contributed by atoms with Gasteiger partial charge in [-0.15, -0.1) is 0 Å². The highest BCUT2D eigenvalue weighted by molar-refractivity contribution is 5.91. The number of hydrogen-bond donors (Lipinski definition) is 3. The predicted molar refractivity (Wildman–Crippen MR) is 69.6 cm³/mol. The van der Waals surface area contributed by atoms with Gasteiger partial charge in [-0.2, -0.15) is 0 Å². The van der Waals surface area contributed by atoms with Crippen molar-refractivity contribution in [2.75, 3.05) is 6.54 Å². The van der Waals surface area contributed by atoms with Crippen LogP contribution in [0.25, 0.3) is 0 Å². The molecule has 106 valence electrons. The maximum atomic E-state index is 11.8. The summed E-state index contributed by atoms with van der Waals surface area (Å²) in [5.41, 5.74) is 4.45. The summed E-state index contributed by atoms with van der Waals surface area (Å²) in [5.74, 6) is -0.667. The fourth-order valence-electron chi connectivity index (χ4n) is 1.82. The van der Waals surface area contributed by atoms with Crippen LogP contribution in [-0.2, 0) is 11.3 Å². The van der Waals surface area contributed by atoms with Crippen molar-refractivity contribution in [3.8, 4) is 0 Å². The molecule has 1 heterocycles. The summed E-state index contributed by atoms with van der Waals surface area (Å²) in [6, 6.07) is 3.15. The van der Waals surface area contributed by atoms with Gasteiger partial charge in [0, 0.05) is 6.54 Å². The van der Waals surface area contributed by atoms with Gasteiger partial charge in [-0.25, -0.2) is 0 Å². The van der Waals surface area contributed by atoms with Crippen molar-refractivity contribution < 1.29 is 19.1 Å². The van der Waals surface area contributed by atoms with Crippen LogP contribution in [0.15, 0.2) is 16.5 Å². The normalized spacial score (nSPS) is 11.3. The zero-order valence-corrected chi connectivity index (χ0v) is 11.2. The van der Waals surface area contributed by atoms with E-state index < -0.39 is 17.3 Å². The Morgan fingerprint density at radius 1 is 1.37 bits per heavy atom. The first kappa shape index (κ1) is 15.2. The summed E-state index contributed by atoms with van der Waals surface area (Å²) in [6.07, 6.45) is 0.899. The van der Waals surface area contributed by atoms with Crippen LogP contribution in [0.1, 0.15) is 43.0 Å². The molecule has 0 saturated carbocycles. The minimum Gasteiger partial charge on any atom is -0.481 e. The lowest BCUT2D eigenvalue weighted by molar-refractivity contribution is -0.149. The van der Waals surface area contributed by atoms with Crippen molar-refractivity contribution in [1.29, 1.82) is 0 Å². The third-order valence-electron chi connectivity index (χ3n) is 3.48. The Balaban J connectivity index is 2.69. The number of carboxylic acid groups (broad SMARTS) is 1. The van der Waals surface area contributed by atoms with Crippen LogP contribution in [0.2, 0.25) is 0 Å². The largest absolute Gasteiger partial charge is 0.481 e. The Morgan fingerprint density at radius 2 is 2.00 bits per heavy atom. The summed E-state index contributed by atoms with van der Waals surface area (Å²) in [7, 11) is 0. The van der Waals surface area contributed by atoms with Gasteiger partial charge in [-0.1, -0.05) is 13.8 Å². The average molecular weight is 268 g/mol. The maximum absolute atomic E-state index is 11.8. The van der Waals surface area contributed by atoms with E-state index in [4.69, 9.17) is 10.2 Å². The molecule has 19 heavy (non-hydrogen) atoms. The first-order chi connectivity index (χ1) is 8.99. The second kappa shape index (κ2) is 6.38. The minimum absolute atomic E-state index is 0.0762. The first-order valence-corrected chi connectivity index (χ1v) is 6.29. The molecule has 0 aromatic carbocycles. The van der Waals surface area contributed by atoms with E-state index in [0.717, 1.165) is 0 Å². The summed E-state index contributed by atoms with van der Waals surface area (Å²) in [6.45, 7) is 3.88. The summed E-state index contributed by atoms with van der Waals surface area (Å²) < 4.78 is 5.20. The quantitative estimate of drug-likeness (QED) is 0.692. The van der Waals surface area contributed by atoms with Crippen LogP contribution in [0.5, 0.6) is 0 Å². The molecule has 4 N–H and O–H groups in total. The third kappa shape index (κ3) is 3.35. The number of nitrogens with two attached hydrogens (primary N) is 1. The Kier molecular flexibility index (Phi) is 5.11. The maximum Gasteiger partial charge on any atom is 0.311 e. The number of amides is 1. The zero-order valence-electron chi connectivity index (χ0n) is 11.2. The fourth-order valence-corrected chi connectivity index (χ4v) is 1.82. The van der Waals surface area contributed by atoms with E-state index in [-0.39, 0.29) is 18.8 Å². The van der Waals surface area contributed by atoms with Gasteiger partial charge in [0.05, 0.1) is 12.0 Å². The van der Waals surface area contributed by atoms with Crippen molar-refractivity contribution in [3.05, 3.63) is 23.7 Å². The molecule has 0 atom stereocenters. The van der Waals surface area contributed by atoms with E-state index >= 15 is 0 Å². The number of carbonyl (C=O) groups excluding carboxylic acids is 1. The lowest BCUT2D eigenvalue weighted by Gasteiger charge is -2.26. The van der Waals surface area contributed by atoms with Crippen molar-refractivity contribution in [2.45, 2.75) is 33.2 Å². The monoisotopic (exact) mass is 268 g/mol. The van der Waals surface area contributed by atoms with Gasteiger partial charge < -0.3 is 20.6 Å². The number of nitrogens with one attached hydrogen (secondary N) is 1. The molecule has 0 radical (unpaired) electrons. The van der Waals surface area contributed by atoms with E-state index in [1.807, 2.05) is 0 Å². The molecule has 0 bridgehead atoms. The molecule has 0 fully saturated rings. The molecule has 0 saturated heterocycles. The fraction of sp³-hybridized carbons (Fsp3) is 0.538. The molecule has 6 heteroatoms. The van der Waals surface area contributed by atoms with E-state index in [9.17, 15) is 14.7 Å². The van der Waals surface area contributed by atoms with Gasteiger partial charge in [0.2, 0.25) is 0 Å². The molecule has 1 rings (SSSR count). The molecule has 0 spiro atoms. The zero-order chi connectivity index (χ0) is 14.5. The third-order valence-corrected chi connectivity index (χ3v) is 3.48. The Labute approximate surface area is 112 Å². The Morgan fingerprint density at radius 3 is 2.42 bits per heavy atom. The standard InChI is InChI=1S/C13H20N2O4/c1-3-13(4-2,12(17)18)8-15-11(16)10-6-5-9(7-14)19-10/h5-6H,3-4,7-8,14H2,1-2H3,(H,15,16)(H,17,18). The smallest absolute Gasteiger partial charge is 0.311 e. The summed E-state index contributed by atoms with van der Waals surface area (Å²) >= 11 is 0. The van der Waals surface area contributed by atoms with Crippen molar-refractivity contribution in [1.82, 2.24) is 5.32 Å². The molecule has 1 aromatic heterocycles. The topological polar surface area (TPSA) is 106 Å². The van der Waals surface area contributed by atoms with Gasteiger partial charge in [-0.05, 0) is 25.0 Å². The van der Waals surface area contributed by atoms with E-state index in [1.165, 1.54) is 6.07 Å². The molecule has 1 amide bonds. The van der Waals surface area contributed by atoms with E-state index in [0.29, 0.717) is 18.6 Å². The van der Waals surface area contributed by atoms with Gasteiger partial charge in [0.25, 0.3) is 5.91 Å². The van der Waals surface area contributed by atoms with Crippen LogP contribution in [-0.4, -0.2) is 23.5 Å². The highest BCUT2D eigenvalue weighted by atomic mass is 16.4. The van der Waals surface area contributed by atoms with Crippen molar-refractivity contribution >= 4 is 11.9 Å². The van der Waals surface area contributed by atoms with Crippen molar-refractivity contribution in [2.24, 2.45) is 11.1 Å². The van der Waals surface area contributed by atoms with Gasteiger partial charge in [0.15, 0.2) is 5.76 Å². The highest BCUT2D eigenvalue weighted by Gasteiger charge is 2.35. The van der Waals surface area contributed by atoms with Crippen molar-refractivity contribution in [3.63, 3.8) is 0 Å². The van der Waals surface area contributed by atoms with Crippen LogP contribution < -0.4 is 11.1 Å². The van der Waals surface area contributed by atoms with E-state index in [2.05, 4.69) is 5.32 Å². The number of rotatable bonds is 7. The molecule has 0 aliphatic heterocycles. The second-order valence-corrected chi connectivity index (χ2v) is 4.45. The molecule has 0 unspecified atom stereocenters. The average Bonchev–Trinajstić information content (AvgIpc) is 2.88. The van der Waals surface area contributed by atoms with Crippen LogP contribution >= 0.6 is 0 Å². The molecule has 1 aromatic rings. The van der Waals surface area contributed by atoms with E-state index in [1.54, 1.807) is 19.9 Å². The number of aliphatic carboxylic acids is 1. The lowest BCUT2D eigenvalue weighted by atomic mass is 9.82. The lowest BCUT2D eigenvalue weighted by Crippen LogP contribution is -2.42. The van der Waals surface area contributed by atoms with Crippen LogP contribution in [0.3, 0.4) is 0 Å². The number of hydrogen-bond acceptors (Lipinski definition) is 4. The number of carbonyl (C=O) groups is 2. The molecule has 0 aliphatic carbocycles. The number of carboxylic acids is 1. The first-order valence-electron chi connectivity index (χ1n) is 6.29.